The number of benzene rings is 2. The third-order valence-corrected chi connectivity index (χ3v) is 6.84. The lowest BCUT2D eigenvalue weighted by molar-refractivity contribution is 0.00885. The largest absolute Gasteiger partial charge is 0.507 e. The summed E-state index contributed by atoms with van der Waals surface area (Å²) in [5.41, 5.74) is 0.615. The van der Waals surface area contributed by atoms with Gasteiger partial charge in [0.15, 0.2) is 0 Å². The molecule has 0 spiro atoms. The standard InChI is InChI=1S/C31H44N2O6/c1-31(2,3)39-30(36)33-24(20-32-29(35)27-12-8-9-13-28(27)34)19-26(38-21-23-10-6-5-7-11-23)18-22-14-16-25(37-4)17-15-22/h8-9,12-17,23-24,26,34H,5-7,10-11,18-21H2,1-4H3,(H,32,35)(H,33,36). The third kappa shape index (κ3) is 10.8. The molecule has 2 aromatic rings. The number of amides is 2. The molecule has 8 heteroatoms. The first-order chi connectivity index (χ1) is 18.6. The summed E-state index contributed by atoms with van der Waals surface area (Å²) in [7, 11) is 1.64. The van der Waals surface area contributed by atoms with E-state index in [1.54, 1.807) is 46.1 Å². The number of carbonyl (C=O) groups is 2. The van der Waals surface area contributed by atoms with Crippen LogP contribution in [0.4, 0.5) is 4.79 Å². The number of methoxy groups -OCH3 is 1. The zero-order valence-corrected chi connectivity index (χ0v) is 23.7. The van der Waals surface area contributed by atoms with Gasteiger partial charge in [-0.3, -0.25) is 4.79 Å². The molecule has 1 fully saturated rings. The summed E-state index contributed by atoms with van der Waals surface area (Å²) in [6.45, 7) is 6.24. The maximum atomic E-state index is 12.8. The molecule has 2 amide bonds. The fourth-order valence-electron chi connectivity index (χ4n) is 4.82. The minimum absolute atomic E-state index is 0.0974. The average Bonchev–Trinajstić information content (AvgIpc) is 2.90. The van der Waals surface area contributed by atoms with E-state index in [9.17, 15) is 14.7 Å². The Morgan fingerprint density at radius 2 is 1.72 bits per heavy atom. The summed E-state index contributed by atoms with van der Waals surface area (Å²) >= 11 is 0. The summed E-state index contributed by atoms with van der Waals surface area (Å²) in [6.07, 6.45) is 6.47. The molecule has 2 unspecified atom stereocenters. The number of hydrogen-bond donors (Lipinski definition) is 3. The molecule has 39 heavy (non-hydrogen) atoms. The van der Waals surface area contributed by atoms with Gasteiger partial charge in [0.1, 0.15) is 17.1 Å². The van der Waals surface area contributed by atoms with Crippen molar-refractivity contribution in [2.75, 3.05) is 20.3 Å². The molecule has 1 saturated carbocycles. The van der Waals surface area contributed by atoms with Crippen molar-refractivity contribution in [3.8, 4) is 11.5 Å². The lowest BCUT2D eigenvalue weighted by Crippen LogP contribution is -2.47. The highest BCUT2D eigenvalue weighted by Crippen LogP contribution is 2.25. The van der Waals surface area contributed by atoms with E-state index in [0.717, 1.165) is 11.3 Å². The van der Waals surface area contributed by atoms with Gasteiger partial charge in [-0.15, -0.1) is 0 Å². The van der Waals surface area contributed by atoms with Gasteiger partial charge in [-0.25, -0.2) is 4.79 Å². The van der Waals surface area contributed by atoms with Gasteiger partial charge in [-0.2, -0.15) is 0 Å². The molecule has 0 aliphatic heterocycles. The van der Waals surface area contributed by atoms with Crippen molar-refractivity contribution in [2.24, 2.45) is 5.92 Å². The monoisotopic (exact) mass is 540 g/mol. The second-order valence-corrected chi connectivity index (χ2v) is 11.3. The van der Waals surface area contributed by atoms with Crippen molar-refractivity contribution in [3.05, 3.63) is 59.7 Å². The van der Waals surface area contributed by atoms with Gasteiger partial charge >= 0.3 is 6.09 Å². The van der Waals surface area contributed by atoms with Gasteiger partial charge in [0.2, 0.25) is 0 Å². The zero-order chi connectivity index (χ0) is 28.3. The molecule has 2 aromatic carbocycles. The summed E-state index contributed by atoms with van der Waals surface area (Å²) in [5.74, 6) is 0.809. The zero-order valence-electron chi connectivity index (χ0n) is 23.7. The highest BCUT2D eigenvalue weighted by molar-refractivity contribution is 5.96. The van der Waals surface area contributed by atoms with Crippen LogP contribution in [-0.4, -0.2) is 55.1 Å². The van der Waals surface area contributed by atoms with Crippen LogP contribution in [-0.2, 0) is 15.9 Å². The van der Waals surface area contributed by atoms with E-state index in [2.05, 4.69) is 10.6 Å². The Hall–Kier alpha value is -3.26. The molecule has 8 nitrogen and oxygen atoms in total. The van der Waals surface area contributed by atoms with E-state index >= 15 is 0 Å². The minimum atomic E-state index is -0.659. The number of aromatic hydroxyl groups is 1. The van der Waals surface area contributed by atoms with Crippen LogP contribution in [0.3, 0.4) is 0 Å². The first-order valence-corrected chi connectivity index (χ1v) is 13.9. The van der Waals surface area contributed by atoms with Gasteiger partial charge in [0.25, 0.3) is 5.91 Å². The van der Waals surface area contributed by atoms with Gasteiger partial charge in [0.05, 0.1) is 24.8 Å². The van der Waals surface area contributed by atoms with E-state index in [1.807, 2.05) is 24.3 Å². The summed E-state index contributed by atoms with van der Waals surface area (Å²) in [5, 5.41) is 15.9. The Morgan fingerprint density at radius 3 is 2.36 bits per heavy atom. The van der Waals surface area contributed by atoms with Crippen LogP contribution in [0, 0.1) is 5.92 Å². The molecule has 214 valence electrons. The van der Waals surface area contributed by atoms with Crippen molar-refractivity contribution in [1.82, 2.24) is 10.6 Å². The maximum Gasteiger partial charge on any atom is 0.407 e. The molecular weight excluding hydrogens is 496 g/mol. The molecule has 3 rings (SSSR count). The van der Waals surface area contributed by atoms with E-state index in [1.165, 1.54) is 38.2 Å². The number of carbonyl (C=O) groups excluding carboxylic acids is 2. The predicted molar refractivity (Wildman–Crippen MR) is 151 cm³/mol. The van der Waals surface area contributed by atoms with Crippen molar-refractivity contribution in [2.45, 2.75) is 83.5 Å². The number of rotatable bonds is 12. The van der Waals surface area contributed by atoms with Gasteiger partial charge in [-0.1, -0.05) is 43.5 Å². The molecule has 3 N–H and O–H groups in total. The Labute approximate surface area is 232 Å². The SMILES string of the molecule is COc1ccc(CC(CC(CNC(=O)c2ccccc2O)NC(=O)OC(C)(C)C)OCC2CCCCC2)cc1. The predicted octanol–water partition coefficient (Wildman–Crippen LogP) is 5.62. The van der Waals surface area contributed by atoms with Crippen molar-refractivity contribution in [1.29, 1.82) is 0 Å². The molecule has 1 aliphatic carbocycles. The third-order valence-electron chi connectivity index (χ3n) is 6.84. The van der Waals surface area contributed by atoms with Gasteiger partial charge < -0.3 is 30.0 Å². The number of phenols is 1. The van der Waals surface area contributed by atoms with E-state index in [0.29, 0.717) is 25.4 Å². The van der Waals surface area contributed by atoms with Crippen LogP contribution < -0.4 is 15.4 Å². The van der Waals surface area contributed by atoms with E-state index in [4.69, 9.17) is 14.2 Å². The number of hydrogen-bond acceptors (Lipinski definition) is 6. The van der Waals surface area contributed by atoms with E-state index in [-0.39, 0.29) is 24.0 Å². The maximum absolute atomic E-state index is 12.8. The van der Waals surface area contributed by atoms with Gasteiger partial charge in [0, 0.05) is 13.2 Å². The van der Waals surface area contributed by atoms with Crippen LogP contribution in [0.15, 0.2) is 48.5 Å². The molecular formula is C31H44N2O6. The number of ether oxygens (including phenoxy) is 3. The lowest BCUT2D eigenvalue weighted by atomic mass is 9.90. The Kier molecular flexibility index (Phi) is 11.5. The molecule has 0 saturated heterocycles. The van der Waals surface area contributed by atoms with Crippen LogP contribution in [0.1, 0.15) is 75.2 Å². The highest BCUT2D eigenvalue weighted by atomic mass is 16.6. The molecule has 0 bridgehead atoms. The average molecular weight is 541 g/mol. The molecule has 0 aromatic heterocycles. The molecule has 0 radical (unpaired) electrons. The summed E-state index contributed by atoms with van der Waals surface area (Å²) in [4.78, 5) is 25.5. The van der Waals surface area contributed by atoms with E-state index < -0.39 is 23.6 Å². The first-order valence-electron chi connectivity index (χ1n) is 13.9. The van der Waals surface area contributed by atoms with Crippen LogP contribution in [0.2, 0.25) is 0 Å². The molecule has 2 atom stereocenters. The Balaban J connectivity index is 1.73. The smallest absolute Gasteiger partial charge is 0.407 e. The molecule has 0 heterocycles. The topological polar surface area (TPSA) is 106 Å². The quantitative estimate of drug-likeness (QED) is 0.323. The lowest BCUT2D eigenvalue weighted by Gasteiger charge is -2.29. The Bertz CT molecular complexity index is 1040. The van der Waals surface area contributed by atoms with Crippen LogP contribution in [0.25, 0.3) is 0 Å². The second kappa shape index (κ2) is 14.8. The Morgan fingerprint density at radius 1 is 1.03 bits per heavy atom. The fraction of sp³-hybridized carbons (Fsp3) is 0.548. The van der Waals surface area contributed by atoms with Crippen molar-refractivity contribution >= 4 is 12.0 Å². The number of nitrogens with one attached hydrogen (secondary N) is 2. The summed E-state index contributed by atoms with van der Waals surface area (Å²) < 4.78 is 17.3. The normalized spacial score (nSPS) is 15.7. The van der Waals surface area contributed by atoms with Crippen LogP contribution >= 0.6 is 0 Å². The molecule has 1 aliphatic rings. The summed E-state index contributed by atoms with van der Waals surface area (Å²) in [6, 6.07) is 13.8. The fourth-order valence-corrected chi connectivity index (χ4v) is 4.82. The number of alkyl carbamates (subject to hydrolysis) is 1. The van der Waals surface area contributed by atoms with Gasteiger partial charge in [-0.05, 0) is 82.2 Å². The van der Waals surface area contributed by atoms with Crippen LogP contribution in [0.5, 0.6) is 11.5 Å². The second-order valence-electron chi connectivity index (χ2n) is 11.3. The number of phenolic OH excluding ortho intramolecular Hbond substituents is 1. The first kappa shape index (κ1) is 30.3. The number of para-hydroxylation sites is 1. The highest BCUT2D eigenvalue weighted by Gasteiger charge is 2.25. The van der Waals surface area contributed by atoms with Crippen molar-refractivity contribution < 1.29 is 28.9 Å². The minimum Gasteiger partial charge on any atom is -0.507 e. The van der Waals surface area contributed by atoms with Crippen molar-refractivity contribution in [3.63, 3.8) is 0 Å².